The van der Waals surface area contributed by atoms with Gasteiger partial charge in [0, 0.05) is 0 Å². The number of benzene rings is 1. The van der Waals surface area contributed by atoms with Gasteiger partial charge in [-0.25, -0.2) is 8.42 Å². The van der Waals surface area contributed by atoms with Gasteiger partial charge in [-0.15, -0.1) is 0 Å². The smallest absolute Gasteiger partial charge is 0.180 e. The van der Waals surface area contributed by atoms with E-state index in [1.54, 1.807) is 38.1 Å². The lowest BCUT2D eigenvalue weighted by molar-refractivity contribution is 0.316. The molecule has 16 heavy (non-hydrogen) atoms. The second-order valence-electron chi connectivity index (χ2n) is 3.92. The van der Waals surface area contributed by atoms with Gasteiger partial charge in [-0.3, -0.25) is 0 Å². The molecule has 1 rings (SSSR count). The van der Waals surface area contributed by atoms with E-state index < -0.39 is 15.1 Å². The van der Waals surface area contributed by atoms with E-state index in [0.717, 1.165) is 6.42 Å². The van der Waals surface area contributed by atoms with E-state index in [0.29, 0.717) is 17.3 Å². The third-order valence-corrected chi connectivity index (χ3v) is 4.38. The predicted molar refractivity (Wildman–Crippen MR) is 64.5 cm³/mol. The van der Waals surface area contributed by atoms with Crippen LogP contribution in [0.1, 0.15) is 27.2 Å². The summed E-state index contributed by atoms with van der Waals surface area (Å²) in [4.78, 5) is 0.330. The van der Waals surface area contributed by atoms with E-state index in [-0.39, 0.29) is 0 Å². The summed E-state index contributed by atoms with van der Waals surface area (Å²) in [7, 11) is -3.20. The van der Waals surface area contributed by atoms with Crippen LogP contribution in [-0.2, 0) is 9.84 Å². The second-order valence-corrected chi connectivity index (χ2v) is 6.42. The van der Waals surface area contributed by atoms with Crippen LogP contribution in [0.15, 0.2) is 29.2 Å². The summed E-state index contributed by atoms with van der Waals surface area (Å²) in [5, 5.41) is -0.408. The zero-order valence-corrected chi connectivity index (χ0v) is 10.8. The van der Waals surface area contributed by atoms with Gasteiger partial charge >= 0.3 is 0 Å². The van der Waals surface area contributed by atoms with Crippen molar-refractivity contribution in [3.05, 3.63) is 24.3 Å². The maximum absolute atomic E-state index is 11.9. The van der Waals surface area contributed by atoms with Gasteiger partial charge in [-0.05, 0) is 38.5 Å². The first-order valence-corrected chi connectivity index (χ1v) is 7.00. The van der Waals surface area contributed by atoms with Crippen LogP contribution in [0.5, 0.6) is 5.75 Å². The van der Waals surface area contributed by atoms with E-state index >= 15 is 0 Å². The molecule has 0 saturated heterocycles. The Balaban J connectivity index is 2.99. The van der Waals surface area contributed by atoms with Crippen LogP contribution < -0.4 is 4.74 Å². The fraction of sp³-hybridized carbons (Fsp3) is 0.500. The Bertz CT molecular complexity index is 435. The molecule has 4 heteroatoms. The van der Waals surface area contributed by atoms with Crippen LogP contribution in [0.4, 0.5) is 0 Å². The molecule has 0 amide bonds. The van der Waals surface area contributed by atoms with Crippen LogP contribution in [0, 0.1) is 0 Å². The van der Waals surface area contributed by atoms with E-state index in [1.807, 2.05) is 6.92 Å². The van der Waals surface area contributed by atoms with Crippen molar-refractivity contribution in [2.24, 2.45) is 0 Å². The molecular weight excluding hydrogens is 224 g/mol. The van der Waals surface area contributed by atoms with Crippen molar-refractivity contribution in [1.29, 1.82) is 0 Å². The van der Waals surface area contributed by atoms with Gasteiger partial charge in [0.1, 0.15) is 5.75 Å². The molecule has 0 bridgehead atoms. The topological polar surface area (TPSA) is 43.4 Å². The SMILES string of the molecule is CCCOc1cccc(S(=O)(=O)C(C)C)c1. The number of hydrogen-bond donors (Lipinski definition) is 0. The number of sulfone groups is 1. The molecule has 1 aromatic rings. The zero-order chi connectivity index (χ0) is 12.2. The van der Waals surface area contributed by atoms with Crippen LogP contribution in [0.25, 0.3) is 0 Å². The second kappa shape index (κ2) is 5.34. The molecule has 0 radical (unpaired) electrons. The van der Waals surface area contributed by atoms with Gasteiger partial charge in [-0.2, -0.15) is 0 Å². The molecule has 3 nitrogen and oxygen atoms in total. The summed E-state index contributed by atoms with van der Waals surface area (Å²) in [6, 6.07) is 6.67. The summed E-state index contributed by atoms with van der Waals surface area (Å²) >= 11 is 0. The first-order valence-electron chi connectivity index (χ1n) is 5.45. The Morgan fingerprint density at radius 3 is 2.56 bits per heavy atom. The highest BCUT2D eigenvalue weighted by Crippen LogP contribution is 2.21. The molecule has 0 aliphatic rings. The van der Waals surface area contributed by atoms with Crippen molar-refractivity contribution < 1.29 is 13.2 Å². The lowest BCUT2D eigenvalue weighted by Crippen LogP contribution is -2.14. The van der Waals surface area contributed by atoms with Crippen LogP contribution in [0.2, 0.25) is 0 Å². The van der Waals surface area contributed by atoms with Gasteiger partial charge in [-0.1, -0.05) is 13.0 Å². The molecule has 0 aliphatic carbocycles. The van der Waals surface area contributed by atoms with Crippen molar-refractivity contribution in [2.45, 2.75) is 37.3 Å². The fourth-order valence-electron chi connectivity index (χ4n) is 1.23. The van der Waals surface area contributed by atoms with Crippen molar-refractivity contribution in [3.63, 3.8) is 0 Å². The minimum Gasteiger partial charge on any atom is -0.494 e. The molecule has 0 atom stereocenters. The van der Waals surface area contributed by atoms with Gasteiger partial charge in [0.25, 0.3) is 0 Å². The summed E-state index contributed by atoms with van der Waals surface area (Å²) in [5.74, 6) is 0.614. The lowest BCUT2D eigenvalue weighted by atomic mass is 10.3. The maximum atomic E-state index is 11.9. The standard InChI is InChI=1S/C12H18O3S/c1-4-8-15-11-6-5-7-12(9-11)16(13,14)10(2)3/h5-7,9-10H,4,8H2,1-3H3. The van der Waals surface area contributed by atoms with E-state index in [2.05, 4.69) is 0 Å². The van der Waals surface area contributed by atoms with Crippen molar-refractivity contribution in [1.82, 2.24) is 0 Å². The van der Waals surface area contributed by atoms with Crippen LogP contribution >= 0.6 is 0 Å². The van der Waals surface area contributed by atoms with Crippen molar-refractivity contribution in [3.8, 4) is 5.75 Å². The molecule has 0 unspecified atom stereocenters. The maximum Gasteiger partial charge on any atom is 0.180 e. The highest BCUT2D eigenvalue weighted by Gasteiger charge is 2.19. The third kappa shape index (κ3) is 2.98. The predicted octanol–water partition coefficient (Wildman–Crippen LogP) is 2.66. The average molecular weight is 242 g/mol. The van der Waals surface area contributed by atoms with Gasteiger partial charge in [0.2, 0.25) is 0 Å². The first-order chi connectivity index (χ1) is 7.48. The Morgan fingerprint density at radius 1 is 1.31 bits per heavy atom. The zero-order valence-electron chi connectivity index (χ0n) is 9.93. The Morgan fingerprint density at radius 2 is 2.00 bits per heavy atom. The molecule has 0 aromatic heterocycles. The average Bonchev–Trinajstić information content (AvgIpc) is 2.26. The monoisotopic (exact) mass is 242 g/mol. The van der Waals surface area contributed by atoms with Crippen molar-refractivity contribution >= 4 is 9.84 Å². The molecule has 0 spiro atoms. The molecular formula is C12H18O3S. The quantitative estimate of drug-likeness (QED) is 0.797. The van der Waals surface area contributed by atoms with E-state index in [9.17, 15) is 8.42 Å². The minimum atomic E-state index is -3.20. The fourth-order valence-corrected chi connectivity index (χ4v) is 2.33. The Labute approximate surface area is 97.4 Å². The molecule has 0 heterocycles. The first kappa shape index (κ1) is 13.0. The largest absolute Gasteiger partial charge is 0.494 e. The summed E-state index contributed by atoms with van der Waals surface area (Å²) in [5.41, 5.74) is 0. The Hall–Kier alpha value is -1.03. The third-order valence-electron chi connectivity index (χ3n) is 2.23. The van der Waals surface area contributed by atoms with Crippen LogP contribution in [0.3, 0.4) is 0 Å². The molecule has 90 valence electrons. The molecule has 0 aliphatic heterocycles. The van der Waals surface area contributed by atoms with Gasteiger partial charge in [0.05, 0.1) is 16.8 Å². The number of ether oxygens (including phenoxy) is 1. The summed E-state index contributed by atoms with van der Waals surface area (Å²) < 4.78 is 29.2. The number of hydrogen-bond acceptors (Lipinski definition) is 3. The Kier molecular flexibility index (Phi) is 4.35. The molecule has 0 fully saturated rings. The minimum absolute atomic E-state index is 0.330. The molecule has 0 saturated carbocycles. The summed E-state index contributed by atoms with van der Waals surface area (Å²) in [6.45, 7) is 5.96. The van der Waals surface area contributed by atoms with Crippen LogP contribution in [-0.4, -0.2) is 20.3 Å². The number of rotatable bonds is 5. The van der Waals surface area contributed by atoms with Gasteiger partial charge in [0.15, 0.2) is 9.84 Å². The highest BCUT2D eigenvalue weighted by atomic mass is 32.2. The van der Waals surface area contributed by atoms with Gasteiger partial charge < -0.3 is 4.74 Å². The molecule has 1 aromatic carbocycles. The van der Waals surface area contributed by atoms with E-state index in [1.165, 1.54) is 0 Å². The van der Waals surface area contributed by atoms with E-state index in [4.69, 9.17) is 4.74 Å². The summed E-state index contributed by atoms with van der Waals surface area (Å²) in [6.07, 6.45) is 0.904. The molecule has 0 N–H and O–H groups in total. The van der Waals surface area contributed by atoms with Crippen molar-refractivity contribution in [2.75, 3.05) is 6.61 Å². The normalized spacial score (nSPS) is 11.8. The highest BCUT2D eigenvalue weighted by molar-refractivity contribution is 7.92. The lowest BCUT2D eigenvalue weighted by Gasteiger charge is -2.10.